The molecule has 176 valence electrons. The van der Waals surface area contributed by atoms with Gasteiger partial charge in [0.1, 0.15) is 37.6 Å². The Bertz CT molecular complexity index is 1040. The zero-order valence-corrected chi connectivity index (χ0v) is 19.1. The van der Waals surface area contributed by atoms with Gasteiger partial charge in [-0.1, -0.05) is 39.7 Å². The molecule has 0 heterocycles. The number of halogens is 1. The molecular weight excluding hydrogens is 433 g/mol. The average molecular weight is 459 g/mol. The zero-order valence-electron chi connectivity index (χ0n) is 19.1. The van der Waals surface area contributed by atoms with Crippen molar-refractivity contribution < 1.29 is 33.2 Å². The van der Waals surface area contributed by atoms with Crippen molar-refractivity contribution in [1.82, 2.24) is 0 Å². The van der Waals surface area contributed by atoms with E-state index in [1.807, 2.05) is 6.92 Å². The number of carbonyl (C=O) groups excluding carboxylic acids is 1. The van der Waals surface area contributed by atoms with Gasteiger partial charge in [0.2, 0.25) is 0 Å². The molecule has 33 heavy (non-hydrogen) atoms. The van der Waals surface area contributed by atoms with Crippen LogP contribution in [-0.4, -0.2) is 51.5 Å². The fraction of sp³-hybridized carbons (Fsp3) is 0.304. The SMILES string of the molecule is CCOc1ccc(C(C=NOC(C)c2ccccc2C(=NOC)C(=O)OC)=NOC)c(F)c1. The maximum atomic E-state index is 14.5. The Morgan fingerprint density at radius 3 is 2.42 bits per heavy atom. The largest absolute Gasteiger partial charge is 0.494 e. The summed E-state index contributed by atoms with van der Waals surface area (Å²) in [6, 6.07) is 11.3. The summed E-state index contributed by atoms with van der Waals surface area (Å²) < 4.78 is 24.6. The number of oxime groups is 3. The number of esters is 1. The monoisotopic (exact) mass is 459 g/mol. The number of benzene rings is 2. The van der Waals surface area contributed by atoms with E-state index in [1.54, 1.807) is 37.3 Å². The minimum Gasteiger partial charge on any atom is -0.494 e. The molecule has 2 aromatic rings. The second kappa shape index (κ2) is 12.8. The molecule has 0 amide bonds. The van der Waals surface area contributed by atoms with Crippen molar-refractivity contribution in [2.75, 3.05) is 27.9 Å². The van der Waals surface area contributed by atoms with Crippen LogP contribution in [0.25, 0.3) is 0 Å². The quantitative estimate of drug-likeness (QED) is 0.287. The van der Waals surface area contributed by atoms with Crippen molar-refractivity contribution in [3.05, 3.63) is 65.0 Å². The van der Waals surface area contributed by atoms with Crippen LogP contribution in [0.3, 0.4) is 0 Å². The lowest BCUT2D eigenvalue weighted by molar-refractivity contribution is -0.132. The third-order valence-corrected chi connectivity index (χ3v) is 4.33. The maximum absolute atomic E-state index is 14.5. The van der Waals surface area contributed by atoms with Crippen LogP contribution in [0.4, 0.5) is 4.39 Å². The van der Waals surface area contributed by atoms with Crippen LogP contribution in [-0.2, 0) is 24.0 Å². The second-order valence-electron chi connectivity index (χ2n) is 6.42. The van der Waals surface area contributed by atoms with Gasteiger partial charge in [-0.3, -0.25) is 0 Å². The molecule has 0 saturated carbocycles. The molecule has 0 aromatic heterocycles. The van der Waals surface area contributed by atoms with Crippen LogP contribution in [0.2, 0.25) is 0 Å². The molecule has 0 spiro atoms. The number of carbonyl (C=O) groups is 1. The predicted octanol–water partition coefficient (Wildman–Crippen LogP) is 3.86. The molecule has 1 unspecified atom stereocenters. The van der Waals surface area contributed by atoms with Crippen LogP contribution in [0.1, 0.15) is 36.6 Å². The predicted molar refractivity (Wildman–Crippen MR) is 121 cm³/mol. The summed E-state index contributed by atoms with van der Waals surface area (Å²) in [4.78, 5) is 27.3. The van der Waals surface area contributed by atoms with Gasteiger partial charge in [-0.05, 0) is 26.0 Å². The Balaban J connectivity index is 2.27. The Kier molecular flexibility index (Phi) is 9.81. The minimum absolute atomic E-state index is 0.0203. The van der Waals surface area contributed by atoms with Crippen molar-refractivity contribution in [2.45, 2.75) is 20.0 Å². The molecule has 2 rings (SSSR count). The van der Waals surface area contributed by atoms with Crippen LogP contribution in [0.15, 0.2) is 57.9 Å². The van der Waals surface area contributed by atoms with Crippen molar-refractivity contribution in [3.8, 4) is 5.75 Å². The van der Waals surface area contributed by atoms with Gasteiger partial charge in [-0.2, -0.15) is 0 Å². The molecule has 9 nitrogen and oxygen atoms in total. The van der Waals surface area contributed by atoms with E-state index in [0.717, 1.165) is 0 Å². The number of rotatable bonds is 11. The molecule has 0 saturated heterocycles. The van der Waals surface area contributed by atoms with Crippen LogP contribution in [0, 0.1) is 5.82 Å². The number of methoxy groups -OCH3 is 1. The van der Waals surface area contributed by atoms with Gasteiger partial charge in [0, 0.05) is 22.8 Å². The highest BCUT2D eigenvalue weighted by Gasteiger charge is 2.22. The summed E-state index contributed by atoms with van der Waals surface area (Å²) in [5, 5.41) is 11.5. The maximum Gasteiger partial charge on any atom is 0.360 e. The molecule has 0 fully saturated rings. The summed E-state index contributed by atoms with van der Waals surface area (Å²) in [6.07, 6.45) is 0.615. The molecule has 1 atom stereocenters. The molecule has 0 aliphatic carbocycles. The van der Waals surface area contributed by atoms with Crippen LogP contribution >= 0.6 is 0 Å². The standard InChI is InChI=1S/C23H26FN3O6/c1-6-32-16-11-12-19(20(24)13-16)21(26-30-4)14-25-33-15(2)17-9-7-8-10-18(17)22(27-31-5)23(28)29-3/h7-15H,6H2,1-5H3. The molecule has 0 N–H and O–H groups in total. The molecule has 0 radical (unpaired) electrons. The molecule has 2 aromatic carbocycles. The van der Waals surface area contributed by atoms with Gasteiger partial charge in [-0.15, -0.1) is 0 Å². The molecule has 10 heteroatoms. The van der Waals surface area contributed by atoms with Gasteiger partial charge in [0.25, 0.3) is 0 Å². The Morgan fingerprint density at radius 2 is 1.79 bits per heavy atom. The van der Waals surface area contributed by atoms with E-state index in [4.69, 9.17) is 24.0 Å². The first kappa shape index (κ1) is 25.3. The molecule has 0 bridgehead atoms. The third kappa shape index (κ3) is 6.76. The van der Waals surface area contributed by atoms with E-state index in [0.29, 0.717) is 23.5 Å². The number of hydrogen-bond acceptors (Lipinski definition) is 9. The first-order valence-corrected chi connectivity index (χ1v) is 9.98. The second-order valence-corrected chi connectivity index (χ2v) is 6.42. The van der Waals surface area contributed by atoms with Gasteiger partial charge < -0.3 is 24.0 Å². The summed E-state index contributed by atoms with van der Waals surface area (Å²) in [5.41, 5.74) is 1.30. The highest BCUT2D eigenvalue weighted by Crippen LogP contribution is 2.23. The first-order valence-electron chi connectivity index (χ1n) is 9.98. The van der Waals surface area contributed by atoms with E-state index < -0.39 is 17.9 Å². The highest BCUT2D eigenvalue weighted by molar-refractivity contribution is 6.43. The Hall–Kier alpha value is -3.95. The molecule has 0 aliphatic heterocycles. The van der Waals surface area contributed by atoms with Gasteiger partial charge in [0.15, 0.2) is 5.71 Å². The summed E-state index contributed by atoms with van der Waals surface area (Å²) in [6.45, 7) is 3.95. The van der Waals surface area contributed by atoms with Gasteiger partial charge in [-0.25, -0.2) is 9.18 Å². The summed E-state index contributed by atoms with van der Waals surface area (Å²) >= 11 is 0. The average Bonchev–Trinajstić information content (AvgIpc) is 2.82. The number of hydrogen-bond donors (Lipinski definition) is 0. The third-order valence-electron chi connectivity index (χ3n) is 4.33. The lowest BCUT2D eigenvalue weighted by Gasteiger charge is -2.15. The van der Waals surface area contributed by atoms with E-state index in [2.05, 4.69) is 15.5 Å². The van der Waals surface area contributed by atoms with Crippen molar-refractivity contribution in [3.63, 3.8) is 0 Å². The van der Waals surface area contributed by atoms with Crippen molar-refractivity contribution in [2.24, 2.45) is 15.5 Å². The fourth-order valence-corrected chi connectivity index (χ4v) is 2.88. The highest BCUT2D eigenvalue weighted by atomic mass is 19.1. The zero-order chi connectivity index (χ0) is 24.2. The van der Waals surface area contributed by atoms with E-state index in [9.17, 15) is 9.18 Å². The van der Waals surface area contributed by atoms with Crippen molar-refractivity contribution >= 4 is 23.6 Å². The van der Waals surface area contributed by atoms with E-state index in [1.165, 1.54) is 39.7 Å². The Morgan fingerprint density at radius 1 is 1.06 bits per heavy atom. The van der Waals surface area contributed by atoms with Gasteiger partial charge in [0.05, 0.1) is 19.9 Å². The fourth-order valence-electron chi connectivity index (χ4n) is 2.88. The smallest absolute Gasteiger partial charge is 0.360 e. The van der Waals surface area contributed by atoms with Crippen molar-refractivity contribution in [1.29, 1.82) is 0 Å². The van der Waals surface area contributed by atoms with Gasteiger partial charge >= 0.3 is 5.97 Å². The topological polar surface area (TPSA) is 100 Å². The lowest BCUT2D eigenvalue weighted by atomic mass is 9.99. The summed E-state index contributed by atoms with van der Waals surface area (Å²) in [7, 11) is 3.91. The number of nitrogens with zero attached hydrogens (tertiary/aromatic N) is 3. The first-order chi connectivity index (χ1) is 16.0. The molecule has 0 aliphatic rings. The lowest BCUT2D eigenvalue weighted by Crippen LogP contribution is -2.20. The number of ether oxygens (including phenoxy) is 2. The summed E-state index contributed by atoms with van der Waals surface area (Å²) in [5.74, 6) is -0.825. The Labute approximate surface area is 191 Å². The van der Waals surface area contributed by atoms with E-state index >= 15 is 0 Å². The minimum atomic E-state index is -0.666. The normalized spacial score (nSPS) is 12.9. The van der Waals surface area contributed by atoms with Crippen LogP contribution < -0.4 is 4.74 Å². The molecular formula is C23H26FN3O6. The van der Waals surface area contributed by atoms with Crippen LogP contribution in [0.5, 0.6) is 5.75 Å². The van der Waals surface area contributed by atoms with E-state index in [-0.39, 0.29) is 17.0 Å².